The zero-order chi connectivity index (χ0) is 22.0. The first-order valence-corrected chi connectivity index (χ1v) is 10.3. The van der Waals surface area contributed by atoms with Crippen molar-refractivity contribution in [1.29, 1.82) is 0 Å². The van der Waals surface area contributed by atoms with Crippen molar-refractivity contribution in [1.82, 2.24) is 4.98 Å². The third-order valence-corrected chi connectivity index (χ3v) is 5.67. The van der Waals surface area contributed by atoms with Gasteiger partial charge in [-0.15, -0.1) is 0 Å². The minimum Gasteiger partial charge on any atom is -0.497 e. The molecule has 0 aliphatic heterocycles. The molecule has 0 aliphatic carbocycles. The Hall–Kier alpha value is -3.08. The van der Waals surface area contributed by atoms with Crippen LogP contribution in [0.4, 0.5) is 0 Å². The first-order chi connectivity index (χ1) is 15.0. The van der Waals surface area contributed by atoms with Gasteiger partial charge >= 0.3 is 0 Å². The van der Waals surface area contributed by atoms with E-state index in [-0.39, 0.29) is 0 Å². The minimum atomic E-state index is 0.594. The summed E-state index contributed by atoms with van der Waals surface area (Å²) in [7, 11) is 4.90. The smallest absolute Gasteiger partial charge is 0.129 e. The van der Waals surface area contributed by atoms with Crippen molar-refractivity contribution in [2.24, 2.45) is 0 Å². The Labute approximate surface area is 191 Å². The van der Waals surface area contributed by atoms with Crippen molar-refractivity contribution >= 4 is 23.2 Å². The lowest BCUT2D eigenvalue weighted by Gasteiger charge is -2.11. The summed E-state index contributed by atoms with van der Waals surface area (Å²) in [5, 5.41) is 1.20. The molecule has 0 spiro atoms. The maximum atomic E-state index is 6.56. The lowest BCUT2D eigenvalue weighted by atomic mass is 10.0. The number of hydrogen-bond acceptors (Lipinski definition) is 3. The van der Waals surface area contributed by atoms with E-state index in [4.69, 9.17) is 37.4 Å². The Balaban J connectivity index is 1.92. The Morgan fingerprint density at radius 3 is 1.97 bits per heavy atom. The number of rotatable bonds is 6. The van der Waals surface area contributed by atoms with Crippen molar-refractivity contribution in [3.63, 3.8) is 0 Å². The average molecular weight is 454 g/mol. The maximum Gasteiger partial charge on any atom is 0.129 e. The van der Waals surface area contributed by atoms with Crippen LogP contribution in [-0.2, 0) is 0 Å². The highest BCUT2D eigenvalue weighted by molar-refractivity contribution is 6.33. The fourth-order valence-corrected chi connectivity index (χ4v) is 3.96. The molecule has 0 amide bonds. The zero-order valence-corrected chi connectivity index (χ0v) is 18.8. The Bertz CT molecular complexity index is 1220. The molecule has 0 radical (unpaired) electrons. The average Bonchev–Trinajstić information content (AvgIpc) is 3.23. The molecule has 1 aromatic heterocycles. The third-order valence-electron chi connectivity index (χ3n) is 5.12. The Kier molecular flexibility index (Phi) is 6.12. The molecule has 6 heteroatoms. The fourth-order valence-electron chi connectivity index (χ4n) is 3.52. The summed E-state index contributed by atoms with van der Waals surface area (Å²) in [4.78, 5) is 3.53. The molecule has 31 heavy (non-hydrogen) atoms. The van der Waals surface area contributed by atoms with Crippen LogP contribution in [0.5, 0.6) is 17.2 Å². The van der Waals surface area contributed by atoms with Crippen LogP contribution in [0.15, 0.2) is 66.7 Å². The minimum absolute atomic E-state index is 0.594. The van der Waals surface area contributed by atoms with E-state index in [1.807, 2.05) is 48.5 Å². The number of aromatic amines is 1. The first-order valence-electron chi connectivity index (χ1n) is 9.59. The first kappa shape index (κ1) is 21.2. The summed E-state index contributed by atoms with van der Waals surface area (Å²) in [5.74, 6) is 2.18. The van der Waals surface area contributed by atoms with Gasteiger partial charge in [0.25, 0.3) is 0 Å². The van der Waals surface area contributed by atoms with E-state index < -0.39 is 0 Å². The van der Waals surface area contributed by atoms with Crippen LogP contribution in [0.1, 0.15) is 0 Å². The summed E-state index contributed by atoms with van der Waals surface area (Å²) in [5.41, 5.74) is 5.58. The topological polar surface area (TPSA) is 43.5 Å². The summed E-state index contributed by atoms with van der Waals surface area (Å²) in [6, 6.07) is 21.2. The van der Waals surface area contributed by atoms with Gasteiger partial charge in [0.05, 0.1) is 32.0 Å². The van der Waals surface area contributed by atoms with E-state index in [9.17, 15) is 0 Å². The number of halogens is 2. The fraction of sp³-hybridized carbons (Fsp3) is 0.120. The van der Waals surface area contributed by atoms with Gasteiger partial charge in [0.1, 0.15) is 17.2 Å². The van der Waals surface area contributed by atoms with Crippen LogP contribution in [0.25, 0.3) is 33.6 Å². The molecule has 1 heterocycles. The van der Waals surface area contributed by atoms with Crippen LogP contribution >= 0.6 is 23.2 Å². The standard InChI is InChI=1S/C25H21Cl2NO3/c1-29-17-7-4-15(5-8-17)21-14-23(19-11-9-18(30-2)13-22(19)27)28-25(21)20-10-6-16(26)12-24(20)31-3/h4-14,28H,1-3H3. The van der Waals surface area contributed by atoms with Crippen molar-refractivity contribution in [2.75, 3.05) is 21.3 Å². The highest BCUT2D eigenvalue weighted by Gasteiger charge is 2.18. The molecule has 0 fully saturated rings. The van der Waals surface area contributed by atoms with Crippen molar-refractivity contribution in [3.8, 4) is 50.9 Å². The molecular weight excluding hydrogens is 433 g/mol. The van der Waals surface area contributed by atoms with Crippen LogP contribution in [0.3, 0.4) is 0 Å². The maximum absolute atomic E-state index is 6.56. The van der Waals surface area contributed by atoms with E-state index in [2.05, 4.69) is 11.1 Å². The highest BCUT2D eigenvalue weighted by atomic mass is 35.5. The Morgan fingerprint density at radius 2 is 1.32 bits per heavy atom. The van der Waals surface area contributed by atoms with Gasteiger partial charge in [0.15, 0.2) is 0 Å². The molecule has 0 saturated carbocycles. The van der Waals surface area contributed by atoms with E-state index in [1.54, 1.807) is 33.5 Å². The molecule has 4 rings (SSSR count). The molecule has 4 nitrogen and oxygen atoms in total. The van der Waals surface area contributed by atoms with Gasteiger partial charge in [-0.1, -0.05) is 35.3 Å². The normalized spacial score (nSPS) is 10.7. The van der Waals surface area contributed by atoms with E-state index in [1.165, 1.54) is 0 Å². The predicted molar refractivity (Wildman–Crippen MR) is 127 cm³/mol. The largest absolute Gasteiger partial charge is 0.497 e. The van der Waals surface area contributed by atoms with Crippen molar-refractivity contribution in [2.45, 2.75) is 0 Å². The molecule has 1 N–H and O–H groups in total. The molecule has 0 bridgehead atoms. The second-order valence-corrected chi connectivity index (χ2v) is 7.73. The van der Waals surface area contributed by atoms with Crippen LogP contribution in [0.2, 0.25) is 10.0 Å². The van der Waals surface area contributed by atoms with Crippen LogP contribution in [-0.4, -0.2) is 26.3 Å². The van der Waals surface area contributed by atoms with Gasteiger partial charge in [-0.05, 0) is 60.2 Å². The Morgan fingerprint density at radius 1 is 0.645 bits per heavy atom. The molecule has 158 valence electrons. The lowest BCUT2D eigenvalue weighted by molar-refractivity contribution is 0.415. The zero-order valence-electron chi connectivity index (χ0n) is 17.3. The number of ether oxygens (including phenoxy) is 3. The summed E-state index contributed by atoms with van der Waals surface area (Å²) < 4.78 is 16.2. The molecule has 0 saturated heterocycles. The summed E-state index contributed by atoms with van der Waals surface area (Å²) >= 11 is 12.7. The monoisotopic (exact) mass is 453 g/mol. The number of nitrogens with one attached hydrogen (secondary N) is 1. The molecule has 3 aromatic carbocycles. The number of H-pyrrole nitrogens is 1. The second-order valence-electron chi connectivity index (χ2n) is 6.89. The predicted octanol–water partition coefficient (Wildman–Crippen LogP) is 7.35. The van der Waals surface area contributed by atoms with Gasteiger partial charge < -0.3 is 19.2 Å². The quantitative estimate of drug-likeness (QED) is 0.331. The van der Waals surface area contributed by atoms with Crippen molar-refractivity contribution in [3.05, 3.63) is 76.8 Å². The van der Waals surface area contributed by atoms with E-state index >= 15 is 0 Å². The number of aromatic nitrogens is 1. The third kappa shape index (κ3) is 4.22. The van der Waals surface area contributed by atoms with E-state index in [0.717, 1.165) is 39.4 Å². The number of methoxy groups -OCH3 is 3. The number of benzene rings is 3. The van der Waals surface area contributed by atoms with Crippen LogP contribution in [0, 0.1) is 0 Å². The molecular formula is C25H21Cl2NO3. The molecule has 0 unspecified atom stereocenters. The SMILES string of the molecule is COc1ccc(-c2cc(-c3ccc(OC)cc3Cl)[nH]c2-c2ccc(Cl)cc2OC)cc1. The van der Waals surface area contributed by atoms with Gasteiger partial charge in [-0.3, -0.25) is 0 Å². The second kappa shape index (κ2) is 8.96. The summed E-state index contributed by atoms with van der Waals surface area (Å²) in [6.07, 6.45) is 0. The van der Waals surface area contributed by atoms with Gasteiger partial charge in [0, 0.05) is 27.4 Å². The van der Waals surface area contributed by atoms with Crippen LogP contribution < -0.4 is 14.2 Å². The van der Waals surface area contributed by atoms with Gasteiger partial charge in [-0.2, -0.15) is 0 Å². The molecule has 0 atom stereocenters. The number of hydrogen-bond donors (Lipinski definition) is 1. The molecule has 0 aliphatic rings. The van der Waals surface area contributed by atoms with Gasteiger partial charge in [0.2, 0.25) is 0 Å². The van der Waals surface area contributed by atoms with Crippen molar-refractivity contribution < 1.29 is 14.2 Å². The molecule has 4 aromatic rings. The highest BCUT2D eigenvalue weighted by Crippen LogP contribution is 2.42. The lowest BCUT2D eigenvalue weighted by Crippen LogP contribution is -1.90. The summed E-state index contributed by atoms with van der Waals surface area (Å²) in [6.45, 7) is 0. The van der Waals surface area contributed by atoms with E-state index in [0.29, 0.717) is 21.5 Å². The van der Waals surface area contributed by atoms with Gasteiger partial charge in [-0.25, -0.2) is 0 Å².